The van der Waals surface area contributed by atoms with Crippen molar-refractivity contribution in [2.45, 2.75) is 0 Å². The van der Waals surface area contributed by atoms with Crippen molar-refractivity contribution < 1.29 is 23.8 Å². The average molecular weight is 320 g/mol. The zero-order valence-corrected chi connectivity index (χ0v) is 13.2. The van der Waals surface area contributed by atoms with Gasteiger partial charge in [0.1, 0.15) is 17.2 Å². The first-order valence-electron chi connectivity index (χ1n) is 6.48. The second-order valence-electron chi connectivity index (χ2n) is 4.39. The van der Waals surface area contributed by atoms with Crippen LogP contribution in [-0.4, -0.2) is 24.0 Å². The lowest BCUT2D eigenvalue weighted by Crippen LogP contribution is -1.88. The average Bonchev–Trinajstić information content (AvgIpc) is 2.53. The predicted molar refractivity (Wildman–Crippen MR) is 86.9 cm³/mol. The molecule has 0 fully saturated rings. The van der Waals surface area contributed by atoms with Gasteiger partial charge in [0.05, 0.1) is 14.2 Å². The molecule has 0 aliphatic rings. The summed E-state index contributed by atoms with van der Waals surface area (Å²) in [5, 5.41) is 0. The monoisotopic (exact) mass is 320 g/mol. The van der Waals surface area contributed by atoms with Gasteiger partial charge < -0.3 is 23.8 Å². The van der Waals surface area contributed by atoms with E-state index in [1.165, 1.54) is 0 Å². The minimum atomic E-state index is -2.39. The largest absolute Gasteiger partial charge is 0.497 e. The molecule has 6 heteroatoms. The van der Waals surface area contributed by atoms with Gasteiger partial charge in [-0.1, -0.05) is 24.3 Å². The van der Waals surface area contributed by atoms with E-state index in [2.05, 4.69) is 0 Å². The molecule has 0 heterocycles. The van der Waals surface area contributed by atoms with Crippen LogP contribution in [0.5, 0.6) is 17.2 Å². The van der Waals surface area contributed by atoms with Gasteiger partial charge in [0, 0.05) is 6.07 Å². The molecular weight excluding hydrogens is 303 g/mol. The minimum Gasteiger partial charge on any atom is -0.497 e. The number of hydrogen-bond donors (Lipinski definition) is 2. The molecule has 2 rings (SSSR count). The second kappa shape index (κ2) is 7.80. The van der Waals surface area contributed by atoms with Crippen LogP contribution >= 0.6 is 8.60 Å². The highest BCUT2D eigenvalue weighted by Gasteiger charge is 2.02. The van der Waals surface area contributed by atoms with Gasteiger partial charge in [0.25, 0.3) is 0 Å². The summed E-state index contributed by atoms with van der Waals surface area (Å²) < 4.78 is 15.3. The van der Waals surface area contributed by atoms with E-state index in [0.717, 1.165) is 22.6 Å². The quantitative estimate of drug-likeness (QED) is 0.630. The lowest BCUT2D eigenvalue weighted by atomic mass is 10.1. The van der Waals surface area contributed by atoms with Gasteiger partial charge in [-0.05, 0) is 35.4 Å². The van der Waals surface area contributed by atoms with E-state index in [9.17, 15) is 0 Å². The molecule has 0 saturated carbocycles. The van der Waals surface area contributed by atoms with Crippen molar-refractivity contribution in [1.29, 1.82) is 0 Å². The van der Waals surface area contributed by atoms with Crippen LogP contribution in [0.1, 0.15) is 11.1 Å². The fourth-order valence-electron chi connectivity index (χ4n) is 1.85. The molecule has 2 N–H and O–H groups in total. The number of methoxy groups -OCH3 is 2. The van der Waals surface area contributed by atoms with Crippen LogP contribution in [0, 0.1) is 0 Å². The van der Waals surface area contributed by atoms with Gasteiger partial charge in [0.15, 0.2) is 0 Å². The van der Waals surface area contributed by atoms with Crippen molar-refractivity contribution >= 4 is 20.8 Å². The van der Waals surface area contributed by atoms with Crippen molar-refractivity contribution in [2.75, 3.05) is 14.2 Å². The molecule has 0 saturated heterocycles. The molecular formula is C16H17O5P. The van der Waals surface area contributed by atoms with Crippen molar-refractivity contribution in [3.8, 4) is 17.2 Å². The van der Waals surface area contributed by atoms with Crippen LogP contribution in [0.3, 0.4) is 0 Å². The number of ether oxygens (including phenoxy) is 2. The first kappa shape index (κ1) is 16.3. The highest BCUT2D eigenvalue weighted by Crippen LogP contribution is 2.29. The Hall–Kier alpha value is -2.07. The zero-order chi connectivity index (χ0) is 15.9. The number of rotatable bonds is 6. The van der Waals surface area contributed by atoms with E-state index < -0.39 is 8.60 Å². The summed E-state index contributed by atoms with van der Waals surface area (Å²) in [6.45, 7) is 0. The topological polar surface area (TPSA) is 68.2 Å². The molecule has 0 aliphatic carbocycles. The predicted octanol–water partition coefficient (Wildman–Crippen LogP) is 3.46. The van der Waals surface area contributed by atoms with Crippen LogP contribution in [0.4, 0.5) is 0 Å². The van der Waals surface area contributed by atoms with Crippen LogP contribution in [-0.2, 0) is 0 Å². The Labute approximate surface area is 130 Å². The second-order valence-corrected chi connectivity index (χ2v) is 5.08. The fraction of sp³-hybridized carbons (Fsp3) is 0.125. The smallest absolute Gasteiger partial charge is 0.391 e. The summed E-state index contributed by atoms with van der Waals surface area (Å²) in [6, 6.07) is 12.6. The van der Waals surface area contributed by atoms with Crippen LogP contribution in [0.2, 0.25) is 0 Å². The van der Waals surface area contributed by atoms with Crippen molar-refractivity contribution in [3.63, 3.8) is 0 Å². The van der Waals surface area contributed by atoms with Crippen LogP contribution < -0.4 is 14.0 Å². The lowest BCUT2D eigenvalue weighted by Gasteiger charge is -2.06. The summed E-state index contributed by atoms with van der Waals surface area (Å²) in [6.07, 6.45) is 3.87. The van der Waals surface area contributed by atoms with Gasteiger partial charge in [-0.2, -0.15) is 0 Å². The van der Waals surface area contributed by atoms with Gasteiger partial charge >= 0.3 is 8.60 Å². The molecule has 5 nitrogen and oxygen atoms in total. The molecule has 2 aromatic carbocycles. The van der Waals surface area contributed by atoms with E-state index in [0.29, 0.717) is 5.75 Å². The fourth-order valence-corrected chi connectivity index (χ4v) is 2.16. The lowest BCUT2D eigenvalue weighted by molar-refractivity contribution is 0.375. The van der Waals surface area contributed by atoms with Crippen molar-refractivity contribution in [3.05, 3.63) is 53.6 Å². The molecule has 0 atom stereocenters. The Morgan fingerprint density at radius 2 is 1.32 bits per heavy atom. The highest BCUT2D eigenvalue weighted by molar-refractivity contribution is 7.39. The third-order valence-electron chi connectivity index (χ3n) is 2.91. The molecule has 0 amide bonds. The molecule has 0 aromatic heterocycles. The normalized spacial score (nSPS) is 11.0. The third-order valence-corrected chi connectivity index (χ3v) is 3.28. The Balaban J connectivity index is 2.14. The molecule has 22 heavy (non-hydrogen) atoms. The highest BCUT2D eigenvalue weighted by atomic mass is 31.2. The number of hydrogen-bond acceptors (Lipinski definition) is 5. The van der Waals surface area contributed by atoms with Gasteiger partial charge in [-0.3, -0.25) is 0 Å². The van der Waals surface area contributed by atoms with Gasteiger partial charge in [-0.15, -0.1) is 0 Å². The Kier molecular flexibility index (Phi) is 5.78. The Morgan fingerprint density at radius 3 is 1.82 bits per heavy atom. The summed E-state index contributed by atoms with van der Waals surface area (Å²) in [7, 11) is 0.831. The summed E-state index contributed by atoms with van der Waals surface area (Å²) in [4.78, 5) is 17.6. The van der Waals surface area contributed by atoms with Crippen molar-refractivity contribution in [2.24, 2.45) is 0 Å². The van der Waals surface area contributed by atoms with E-state index >= 15 is 0 Å². The maximum absolute atomic E-state index is 8.79. The number of benzene rings is 2. The SMILES string of the molecule is COc1cc(/C=C/c2ccc(OP(O)O)cc2)cc(OC)c1. The molecule has 0 radical (unpaired) electrons. The molecule has 2 aromatic rings. The molecule has 0 aliphatic heterocycles. The van der Waals surface area contributed by atoms with Crippen LogP contribution in [0.15, 0.2) is 42.5 Å². The van der Waals surface area contributed by atoms with Gasteiger partial charge in [0.2, 0.25) is 0 Å². The first-order valence-corrected chi connectivity index (χ1v) is 7.64. The Morgan fingerprint density at radius 1 is 0.773 bits per heavy atom. The summed E-state index contributed by atoms with van der Waals surface area (Å²) >= 11 is 0. The summed E-state index contributed by atoms with van der Waals surface area (Å²) in [5.74, 6) is 1.86. The maximum atomic E-state index is 8.79. The van der Waals surface area contributed by atoms with E-state index in [4.69, 9.17) is 23.8 Å². The first-order chi connectivity index (χ1) is 10.6. The molecule has 0 bridgehead atoms. The van der Waals surface area contributed by atoms with E-state index in [1.807, 2.05) is 42.5 Å². The van der Waals surface area contributed by atoms with Gasteiger partial charge in [-0.25, -0.2) is 0 Å². The Bertz CT molecular complexity index is 615. The molecule has 116 valence electrons. The van der Waals surface area contributed by atoms with E-state index in [1.54, 1.807) is 26.4 Å². The zero-order valence-electron chi connectivity index (χ0n) is 12.3. The van der Waals surface area contributed by atoms with E-state index in [-0.39, 0.29) is 0 Å². The van der Waals surface area contributed by atoms with Crippen molar-refractivity contribution in [1.82, 2.24) is 0 Å². The van der Waals surface area contributed by atoms with Crippen LogP contribution in [0.25, 0.3) is 12.2 Å². The summed E-state index contributed by atoms with van der Waals surface area (Å²) in [5.41, 5.74) is 1.90. The third kappa shape index (κ3) is 4.74. The maximum Gasteiger partial charge on any atom is 0.391 e. The standard InChI is InChI=1S/C16H17O5P/c1-19-15-9-13(10-16(11-15)20-2)4-3-12-5-7-14(8-6-12)21-22(17)18/h3-11,17-18H,1-2H3/b4-3+. The molecule has 0 unspecified atom stereocenters. The minimum absolute atomic E-state index is 0.413. The molecule has 0 spiro atoms.